The van der Waals surface area contributed by atoms with E-state index in [0.717, 1.165) is 12.1 Å². The fraction of sp³-hybridized carbons (Fsp3) is 0.250. The van der Waals surface area contributed by atoms with Crippen LogP contribution in [-0.2, 0) is 28.8 Å². The number of carbonyl (C=O) groups is 1. The number of hydrogen-bond acceptors (Lipinski definition) is 5. The van der Waals surface area contributed by atoms with Crippen LogP contribution in [0, 0.1) is 0 Å². The maximum atomic E-state index is 11.9. The third kappa shape index (κ3) is 6.36. The number of esters is 1. The van der Waals surface area contributed by atoms with E-state index in [0.29, 0.717) is 45.8 Å². The first kappa shape index (κ1) is 22.9. The second-order valence-electron chi connectivity index (χ2n) is 6.90. The highest BCUT2D eigenvalue weighted by Crippen LogP contribution is 2.34. The summed E-state index contributed by atoms with van der Waals surface area (Å²) in [6.45, 7) is 2.57. The Morgan fingerprint density at radius 2 is 1.87 bits per heavy atom. The first-order valence-corrected chi connectivity index (χ1v) is 10.7. The van der Waals surface area contributed by atoms with Gasteiger partial charge in [-0.05, 0) is 53.9 Å². The van der Waals surface area contributed by atoms with Crippen LogP contribution in [0.4, 0.5) is 11.4 Å². The number of ether oxygens (including phenoxy) is 2. The van der Waals surface area contributed by atoms with Crippen molar-refractivity contribution < 1.29 is 14.3 Å². The molecule has 0 atom stereocenters. The Morgan fingerprint density at radius 1 is 1.10 bits per heavy atom. The van der Waals surface area contributed by atoms with Gasteiger partial charge in [0.25, 0.3) is 0 Å². The molecular weight excluding hydrogens is 435 g/mol. The number of aromatic nitrogens is 1. The summed E-state index contributed by atoms with van der Waals surface area (Å²) in [6, 6.07) is 14.8. The maximum Gasteiger partial charge on any atom is 0.310 e. The molecule has 0 saturated heterocycles. The van der Waals surface area contributed by atoms with Crippen molar-refractivity contribution in [1.82, 2.24) is 4.98 Å². The van der Waals surface area contributed by atoms with Crippen molar-refractivity contribution in [3.63, 3.8) is 0 Å². The number of hydrogen-bond donors (Lipinski definition) is 1. The lowest BCUT2D eigenvalue weighted by Gasteiger charge is -2.16. The maximum absolute atomic E-state index is 11.9. The zero-order chi connectivity index (χ0) is 22.2. The lowest BCUT2D eigenvalue weighted by molar-refractivity contribution is -0.139. The van der Waals surface area contributed by atoms with Crippen molar-refractivity contribution in [2.24, 2.45) is 0 Å². The largest absolute Gasteiger partial charge is 0.493 e. The Kier molecular flexibility index (Phi) is 8.15. The predicted molar refractivity (Wildman–Crippen MR) is 125 cm³/mol. The van der Waals surface area contributed by atoms with Crippen molar-refractivity contribution in [3.8, 4) is 5.75 Å². The molecule has 0 aliphatic carbocycles. The van der Waals surface area contributed by atoms with Gasteiger partial charge in [0.15, 0.2) is 0 Å². The van der Waals surface area contributed by atoms with Crippen LogP contribution in [0.1, 0.15) is 23.7 Å². The number of carbonyl (C=O) groups excluding carboxylic acids is 1. The number of rotatable bonds is 9. The summed E-state index contributed by atoms with van der Waals surface area (Å²) >= 11 is 12.5. The number of pyridine rings is 1. The minimum atomic E-state index is -0.356. The minimum Gasteiger partial charge on any atom is -0.493 e. The highest BCUT2D eigenvalue weighted by molar-refractivity contribution is 6.39. The zero-order valence-corrected chi connectivity index (χ0v) is 19.0. The molecule has 1 heterocycles. The number of para-hydroxylation sites is 1. The Morgan fingerprint density at radius 3 is 2.52 bits per heavy atom. The van der Waals surface area contributed by atoms with Crippen LogP contribution in [0.2, 0.25) is 10.0 Å². The van der Waals surface area contributed by atoms with Gasteiger partial charge in [-0.2, -0.15) is 0 Å². The van der Waals surface area contributed by atoms with E-state index in [-0.39, 0.29) is 12.4 Å². The molecule has 0 aliphatic rings. The van der Waals surface area contributed by atoms with Crippen LogP contribution >= 0.6 is 23.2 Å². The molecule has 0 spiro atoms. The van der Waals surface area contributed by atoms with Gasteiger partial charge >= 0.3 is 5.97 Å². The van der Waals surface area contributed by atoms with Crippen molar-refractivity contribution in [2.75, 3.05) is 19.0 Å². The van der Waals surface area contributed by atoms with Crippen LogP contribution < -0.4 is 10.1 Å². The van der Waals surface area contributed by atoms with Gasteiger partial charge in [0, 0.05) is 24.0 Å². The van der Waals surface area contributed by atoms with E-state index in [2.05, 4.69) is 23.3 Å². The Bertz CT molecular complexity index is 1020. The summed E-state index contributed by atoms with van der Waals surface area (Å²) in [5.41, 5.74) is 4.17. The third-order valence-corrected chi connectivity index (χ3v) is 5.41. The summed E-state index contributed by atoms with van der Waals surface area (Å²) in [7, 11) is 1.36. The SMILES string of the molecule is CCc1ccc(CCOc2ccc(Nc3c(Cl)cccc3Cl)c(CC(=O)OC)c2)nc1. The van der Waals surface area contributed by atoms with Crippen LogP contribution in [0.15, 0.2) is 54.7 Å². The summed E-state index contributed by atoms with van der Waals surface area (Å²) in [6.07, 6.45) is 3.63. The van der Waals surface area contributed by atoms with E-state index in [1.54, 1.807) is 18.2 Å². The quantitative estimate of drug-likeness (QED) is 0.396. The average Bonchev–Trinajstić information content (AvgIpc) is 2.78. The minimum absolute atomic E-state index is 0.0815. The Hall–Kier alpha value is -2.76. The summed E-state index contributed by atoms with van der Waals surface area (Å²) in [5, 5.41) is 4.19. The van der Waals surface area contributed by atoms with Gasteiger partial charge in [0.05, 0.1) is 35.9 Å². The predicted octanol–water partition coefficient (Wildman–Crippen LogP) is 6.03. The van der Waals surface area contributed by atoms with Crippen LogP contribution in [-0.4, -0.2) is 24.7 Å². The normalized spacial score (nSPS) is 10.6. The molecule has 3 aromatic rings. The Balaban J connectivity index is 1.74. The van der Waals surface area contributed by atoms with Crippen molar-refractivity contribution in [3.05, 3.63) is 81.6 Å². The molecule has 0 bridgehead atoms. The zero-order valence-electron chi connectivity index (χ0n) is 17.5. The molecule has 0 unspecified atom stereocenters. The van der Waals surface area contributed by atoms with Crippen molar-refractivity contribution in [2.45, 2.75) is 26.2 Å². The number of aryl methyl sites for hydroxylation is 1. The van der Waals surface area contributed by atoms with E-state index >= 15 is 0 Å². The van der Waals surface area contributed by atoms with E-state index in [9.17, 15) is 4.79 Å². The fourth-order valence-electron chi connectivity index (χ4n) is 2.99. The molecule has 0 saturated carbocycles. The van der Waals surface area contributed by atoms with Crippen molar-refractivity contribution in [1.29, 1.82) is 0 Å². The number of halogens is 2. The molecule has 31 heavy (non-hydrogen) atoms. The topological polar surface area (TPSA) is 60.5 Å². The van der Waals surface area contributed by atoms with E-state index < -0.39 is 0 Å². The van der Waals surface area contributed by atoms with Gasteiger partial charge in [-0.1, -0.05) is 42.3 Å². The van der Waals surface area contributed by atoms with Gasteiger partial charge in [-0.3, -0.25) is 9.78 Å². The van der Waals surface area contributed by atoms with Crippen LogP contribution in [0.5, 0.6) is 5.75 Å². The molecule has 0 radical (unpaired) electrons. The second-order valence-corrected chi connectivity index (χ2v) is 7.72. The van der Waals surface area contributed by atoms with E-state index in [1.165, 1.54) is 12.7 Å². The molecule has 0 amide bonds. The van der Waals surface area contributed by atoms with Gasteiger partial charge < -0.3 is 14.8 Å². The lowest BCUT2D eigenvalue weighted by Crippen LogP contribution is -2.08. The molecule has 7 heteroatoms. The molecule has 2 aromatic carbocycles. The first-order chi connectivity index (χ1) is 15.0. The average molecular weight is 459 g/mol. The monoisotopic (exact) mass is 458 g/mol. The number of anilines is 2. The molecule has 162 valence electrons. The van der Waals surface area contributed by atoms with E-state index in [1.807, 2.05) is 30.5 Å². The van der Waals surface area contributed by atoms with Crippen LogP contribution in [0.3, 0.4) is 0 Å². The van der Waals surface area contributed by atoms with Gasteiger partial charge in [0.1, 0.15) is 5.75 Å². The number of methoxy groups -OCH3 is 1. The fourth-order valence-corrected chi connectivity index (χ4v) is 3.49. The molecule has 5 nitrogen and oxygen atoms in total. The summed E-state index contributed by atoms with van der Waals surface area (Å²) in [5.74, 6) is 0.297. The Labute approximate surface area is 192 Å². The lowest BCUT2D eigenvalue weighted by atomic mass is 10.1. The first-order valence-electron chi connectivity index (χ1n) is 9.97. The van der Waals surface area contributed by atoms with E-state index in [4.69, 9.17) is 32.7 Å². The van der Waals surface area contributed by atoms with Crippen molar-refractivity contribution >= 4 is 40.5 Å². The molecule has 0 aliphatic heterocycles. The summed E-state index contributed by atoms with van der Waals surface area (Å²) in [4.78, 5) is 16.4. The molecule has 1 aromatic heterocycles. The second kappa shape index (κ2) is 11.0. The van der Waals surface area contributed by atoms with Gasteiger partial charge in [-0.15, -0.1) is 0 Å². The third-order valence-electron chi connectivity index (χ3n) is 4.78. The van der Waals surface area contributed by atoms with Crippen LogP contribution in [0.25, 0.3) is 0 Å². The number of benzene rings is 2. The number of nitrogens with zero attached hydrogens (tertiary/aromatic N) is 1. The number of nitrogens with one attached hydrogen (secondary N) is 1. The molecule has 0 fully saturated rings. The summed E-state index contributed by atoms with van der Waals surface area (Å²) < 4.78 is 10.7. The highest BCUT2D eigenvalue weighted by atomic mass is 35.5. The molecular formula is C24H24Cl2N2O3. The molecule has 3 rings (SSSR count). The highest BCUT2D eigenvalue weighted by Gasteiger charge is 2.13. The smallest absolute Gasteiger partial charge is 0.310 e. The molecule has 1 N–H and O–H groups in total. The van der Waals surface area contributed by atoms with Gasteiger partial charge in [0.2, 0.25) is 0 Å². The van der Waals surface area contributed by atoms with Gasteiger partial charge in [-0.25, -0.2) is 0 Å². The standard InChI is InChI=1S/C24H24Cl2N2O3/c1-3-16-7-8-18(27-15-16)11-12-31-19-9-10-22(17(13-19)14-23(29)30-2)28-24-20(25)5-4-6-21(24)26/h4-10,13,15,28H,3,11-12,14H2,1-2H3.